The molecule has 3 aromatic carbocycles. The van der Waals surface area contributed by atoms with E-state index in [1.807, 2.05) is 0 Å². The summed E-state index contributed by atoms with van der Waals surface area (Å²) in [4.78, 5) is 38.8. The molecule has 1 N–H and O–H groups in total. The summed E-state index contributed by atoms with van der Waals surface area (Å²) in [6.07, 6.45) is 0. The Morgan fingerprint density at radius 3 is 2.20 bits per heavy atom. The molecule has 0 atom stereocenters. The van der Waals surface area contributed by atoms with Gasteiger partial charge in [-0.1, -0.05) is 53.5 Å². The summed E-state index contributed by atoms with van der Waals surface area (Å²) in [7, 11) is 0. The molecular formula is C23H11Cl2NO3S. The van der Waals surface area contributed by atoms with E-state index in [4.69, 9.17) is 23.2 Å². The lowest BCUT2D eigenvalue weighted by Crippen LogP contribution is -2.21. The second-order valence-electron chi connectivity index (χ2n) is 6.80. The highest BCUT2D eigenvalue weighted by atomic mass is 35.5. The third kappa shape index (κ3) is 2.94. The lowest BCUT2D eigenvalue weighted by Gasteiger charge is -2.18. The lowest BCUT2D eigenvalue weighted by molar-refractivity contribution is 0.0979. The Morgan fingerprint density at radius 1 is 0.800 bits per heavy atom. The van der Waals surface area contributed by atoms with Gasteiger partial charge in [0.15, 0.2) is 11.6 Å². The van der Waals surface area contributed by atoms with E-state index < -0.39 is 5.91 Å². The average Bonchev–Trinajstić information content (AvgIpc) is 3.07. The Bertz CT molecular complexity index is 1410. The Balaban J connectivity index is 1.50. The van der Waals surface area contributed by atoms with Crippen LogP contribution in [0.2, 0.25) is 10.0 Å². The van der Waals surface area contributed by atoms with Crippen molar-refractivity contribution in [1.29, 1.82) is 0 Å². The van der Waals surface area contributed by atoms with Crippen molar-refractivity contribution in [3.8, 4) is 0 Å². The van der Waals surface area contributed by atoms with E-state index in [0.717, 1.165) is 10.1 Å². The van der Waals surface area contributed by atoms with Gasteiger partial charge < -0.3 is 5.32 Å². The number of thiophene rings is 1. The molecular weight excluding hydrogens is 441 g/mol. The van der Waals surface area contributed by atoms with Gasteiger partial charge in [0.05, 0.1) is 5.02 Å². The van der Waals surface area contributed by atoms with Crippen LogP contribution >= 0.6 is 34.5 Å². The SMILES string of the molecule is O=C1c2ccccc2C(=O)c2cc(NC(=O)c3sc4cc(Cl)ccc4c3Cl)ccc21. The molecule has 0 unspecified atom stereocenters. The first-order chi connectivity index (χ1) is 14.4. The van der Waals surface area contributed by atoms with Crippen LogP contribution in [0.15, 0.2) is 60.7 Å². The van der Waals surface area contributed by atoms with Crippen LogP contribution in [0.3, 0.4) is 0 Å². The molecule has 7 heteroatoms. The number of hydrogen-bond acceptors (Lipinski definition) is 4. The largest absolute Gasteiger partial charge is 0.321 e. The molecule has 4 nitrogen and oxygen atoms in total. The molecule has 1 aliphatic rings. The van der Waals surface area contributed by atoms with Crippen molar-refractivity contribution >= 4 is 67.8 Å². The van der Waals surface area contributed by atoms with E-state index in [1.165, 1.54) is 17.4 Å². The van der Waals surface area contributed by atoms with E-state index in [1.54, 1.807) is 54.6 Å². The first kappa shape index (κ1) is 19.0. The maximum Gasteiger partial charge on any atom is 0.267 e. The third-order valence-electron chi connectivity index (χ3n) is 4.98. The molecule has 0 fully saturated rings. The molecule has 0 bridgehead atoms. The first-order valence-corrected chi connectivity index (χ1v) is 10.5. The number of amides is 1. The fourth-order valence-electron chi connectivity index (χ4n) is 3.55. The summed E-state index contributed by atoms with van der Waals surface area (Å²) in [5.74, 6) is -0.847. The van der Waals surface area contributed by atoms with Crippen LogP contribution in [0.5, 0.6) is 0 Å². The molecule has 4 aromatic rings. The molecule has 1 aromatic heterocycles. The molecule has 1 heterocycles. The summed E-state index contributed by atoms with van der Waals surface area (Å²) in [6.45, 7) is 0. The van der Waals surface area contributed by atoms with Gasteiger partial charge in [-0.05, 0) is 30.3 Å². The molecule has 0 radical (unpaired) electrons. The maximum atomic E-state index is 12.9. The number of rotatable bonds is 2. The molecule has 0 aliphatic heterocycles. The first-order valence-electron chi connectivity index (χ1n) is 8.95. The number of anilines is 1. The van der Waals surface area contributed by atoms with E-state index >= 15 is 0 Å². The van der Waals surface area contributed by atoms with Crippen molar-refractivity contribution in [2.45, 2.75) is 0 Å². The molecule has 30 heavy (non-hydrogen) atoms. The summed E-state index contributed by atoms with van der Waals surface area (Å²) >= 11 is 13.7. The van der Waals surface area contributed by atoms with Gasteiger partial charge in [0.2, 0.25) is 0 Å². The standard InChI is InChI=1S/C23H11Cl2NO3S/c24-11-5-7-16-18(9-11)30-22(19(16)25)23(29)26-12-6-8-15-17(10-12)21(28)14-4-2-1-3-13(14)20(15)27/h1-10H,(H,26,29). The molecule has 0 saturated heterocycles. The number of fused-ring (bicyclic) bond motifs is 3. The summed E-state index contributed by atoms with van der Waals surface area (Å²) in [6, 6.07) is 16.7. The number of hydrogen-bond donors (Lipinski definition) is 1. The van der Waals surface area contributed by atoms with E-state index in [-0.39, 0.29) is 17.1 Å². The minimum Gasteiger partial charge on any atom is -0.321 e. The molecule has 146 valence electrons. The van der Waals surface area contributed by atoms with Crippen molar-refractivity contribution in [3.05, 3.63) is 97.8 Å². The number of nitrogens with one attached hydrogen (secondary N) is 1. The number of benzene rings is 3. The second kappa shape index (κ2) is 7.06. The summed E-state index contributed by atoms with van der Waals surface area (Å²) in [5.41, 5.74) is 1.76. The van der Waals surface area contributed by atoms with E-state index in [2.05, 4.69) is 5.32 Å². The van der Waals surface area contributed by atoms with Crippen molar-refractivity contribution in [2.75, 3.05) is 5.32 Å². The van der Waals surface area contributed by atoms with Gasteiger partial charge in [0.25, 0.3) is 5.91 Å². The van der Waals surface area contributed by atoms with Crippen LogP contribution in [-0.2, 0) is 0 Å². The smallest absolute Gasteiger partial charge is 0.267 e. The van der Waals surface area contributed by atoms with Gasteiger partial charge in [-0.3, -0.25) is 14.4 Å². The van der Waals surface area contributed by atoms with Gasteiger partial charge >= 0.3 is 0 Å². The zero-order chi connectivity index (χ0) is 21.0. The van der Waals surface area contributed by atoms with Gasteiger partial charge in [0.1, 0.15) is 4.88 Å². The van der Waals surface area contributed by atoms with Crippen molar-refractivity contribution < 1.29 is 14.4 Å². The monoisotopic (exact) mass is 451 g/mol. The third-order valence-corrected chi connectivity index (χ3v) is 6.87. The van der Waals surface area contributed by atoms with Gasteiger partial charge in [-0.15, -0.1) is 11.3 Å². The van der Waals surface area contributed by atoms with Crippen LogP contribution in [0.25, 0.3) is 10.1 Å². The maximum absolute atomic E-state index is 12.9. The zero-order valence-corrected chi connectivity index (χ0v) is 17.5. The quantitative estimate of drug-likeness (QED) is 0.345. The van der Waals surface area contributed by atoms with Crippen molar-refractivity contribution in [1.82, 2.24) is 0 Å². The molecule has 0 spiro atoms. The van der Waals surface area contributed by atoms with Crippen molar-refractivity contribution in [2.24, 2.45) is 0 Å². The normalized spacial score (nSPS) is 12.6. The van der Waals surface area contributed by atoms with Crippen LogP contribution in [0.1, 0.15) is 41.5 Å². The predicted molar refractivity (Wildman–Crippen MR) is 120 cm³/mol. The number of carbonyl (C=O) groups excluding carboxylic acids is 3. The lowest BCUT2D eigenvalue weighted by atomic mass is 9.84. The summed E-state index contributed by atoms with van der Waals surface area (Å²) < 4.78 is 0.806. The van der Waals surface area contributed by atoms with Gasteiger partial charge in [-0.25, -0.2) is 0 Å². The minimum absolute atomic E-state index is 0.206. The summed E-state index contributed by atoms with van der Waals surface area (Å²) in [5, 5.41) is 4.43. The van der Waals surface area contributed by atoms with Crippen LogP contribution in [-0.4, -0.2) is 17.5 Å². The molecule has 1 aliphatic carbocycles. The number of carbonyl (C=O) groups is 3. The van der Waals surface area contributed by atoms with E-state index in [0.29, 0.717) is 37.3 Å². The highest BCUT2D eigenvalue weighted by molar-refractivity contribution is 7.21. The number of halogens is 2. The second-order valence-corrected chi connectivity index (χ2v) is 8.67. The Kier molecular flexibility index (Phi) is 4.47. The minimum atomic E-state index is -0.396. The number of ketones is 2. The fraction of sp³-hybridized carbons (Fsp3) is 0. The van der Waals surface area contributed by atoms with E-state index in [9.17, 15) is 14.4 Å². The van der Waals surface area contributed by atoms with Crippen molar-refractivity contribution in [3.63, 3.8) is 0 Å². The zero-order valence-electron chi connectivity index (χ0n) is 15.2. The van der Waals surface area contributed by atoms with Crippen LogP contribution < -0.4 is 5.32 Å². The highest BCUT2D eigenvalue weighted by Crippen LogP contribution is 2.37. The predicted octanol–water partition coefficient (Wildman–Crippen LogP) is 6.24. The van der Waals surface area contributed by atoms with Crippen LogP contribution in [0, 0.1) is 0 Å². The Morgan fingerprint density at radius 2 is 1.47 bits per heavy atom. The van der Waals surface area contributed by atoms with Gasteiger partial charge in [0, 0.05) is 43.0 Å². The van der Waals surface area contributed by atoms with Crippen LogP contribution in [0.4, 0.5) is 5.69 Å². The average molecular weight is 452 g/mol. The Labute approximate surface area is 185 Å². The molecule has 0 saturated carbocycles. The van der Waals surface area contributed by atoms with Gasteiger partial charge in [-0.2, -0.15) is 0 Å². The Hall–Kier alpha value is -2.99. The fourth-order valence-corrected chi connectivity index (χ4v) is 5.24. The molecule has 1 amide bonds. The molecule has 5 rings (SSSR count). The highest BCUT2D eigenvalue weighted by Gasteiger charge is 2.29. The topological polar surface area (TPSA) is 63.2 Å².